The third kappa shape index (κ3) is 1.74. The monoisotopic (exact) mass is 243 g/mol. The molecule has 1 aliphatic heterocycles. The van der Waals surface area contributed by atoms with Gasteiger partial charge in [0.1, 0.15) is 0 Å². The van der Waals surface area contributed by atoms with Crippen LogP contribution in [-0.4, -0.2) is 10.5 Å². The van der Waals surface area contributed by atoms with Gasteiger partial charge in [-0.05, 0) is 29.5 Å². The number of aliphatic imine (C=N–C) groups is 1. The van der Waals surface area contributed by atoms with Gasteiger partial charge >= 0.3 is 0 Å². The Morgan fingerprint density at radius 2 is 2.06 bits per heavy atom. The molecular formula is C12H9N3OS. The summed E-state index contributed by atoms with van der Waals surface area (Å²) in [6.07, 6.45) is 1.67. The molecule has 84 valence electrons. The SMILES string of the molecule is O=c1ccc2ccccc2n1C1=NC=CSN1. The summed E-state index contributed by atoms with van der Waals surface area (Å²) < 4.78 is 4.59. The summed E-state index contributed by atoms with van der Waals surface area (Å²) in [6.45, 7) is 0. The Kier molecular flexibility index (Phi) is 2.45. The molecule has 5 heteroatoms. The largest absolute Gasteiger partial charge is 0.296 e. The molecule has 0 unspecified atom stereocenters. The van der Waals surface area contributed by atoms with Crippen LogP contribution in [0.25, 0.3) is 10.9 Å². The number of para-hydroxylation sites is 1. The van der Waals surface area contributed by atoms with Crippen LogP contribution in [0.5, 0.6) is 0 Å². The van der Waals surface area contributed by atoms with Crippen molar-refractivity contribution in [1.29, 1.82) is 0 Å². The zero-order chi connectivity index (χ0) is 11.7. The summed E-state index contributed by atoms with van der Waals surface area (Å²) in [5, 5.41) is 2.83. The Morgan fingerprint density at radius 3 is 2.88 bits per heavy atom. The Bertz CT molecular complexity index is 687. The minimum atomic E-state index is -0.0918. The number of rotatable bonds is 0. The quantitative estimate of drug-likeness (QED) is 0.719. The van der Waals surface area contributed by atoms with E-state index < -0.39 is 0 Å². The summed E-state index contributed by atoms with van der Waals surface area (Å²) in [4.78, 5) is 16.1. The smallest absolute Gasteiger partial charge is 0.257 e. The second-order valence-electron chi connectivity index (χ2n) is 3.52. The lowest BCUT2D eigenvalue weighted by Gasteiger charge is -2.14. The van der Waals surface area contributed by atoms with Crippen LogP contribution in [-0.2, 0) is 0 Å². The van der Waals surface area contributed by atoms with E-state index in [4.69, 9.17) is 0 Å². The Labute approximate surface area is 102 Å². The minimum absolute atomic E-state index is 0.0918. The van der Waals surface area contributed by atoms with Gasteiger partial charge < -0.3 is 0 Å². The number of fused-ring (bicyclic) bond motifs is 1. The third-order valence-corrected chi connectivity index (χ3v) is 3.05. The van der Waals surface area contributed by atoms with Gasteiger partial charge in [-0.2, -0.15) is 0 Å². The molecule has 0 fully saturated rings. The average Bonchev–Trinajstić information content (AvgIpc) is 2.39. The molecule has 0 aliphatic carbocycles. The second kappa shape index (κ2) is 4.10. The highest BCUT2D eigenvalue weighted by Gasteiger charge is 2.09. The normalized spacial score (nSPS) is 14.5. The molecule has 2 heterocycles. The first-order valence-corrected chi connectivity index (χ1v) is 6.00. The summed E-state index contributed by atoms with van der Waals surface area (Å²) in [5.41, 5.74) is 0.757. The van der Waals surface area contributed by atoms with Crippen LogP contribution in [0.15, 0.2) is 57.8 Å². The number of pyridine rings is 1. The van der Waals surface area contributed by atoms with E-state index in [0.717, 1.165) is 10.9 Å². The van der Waals surface area contributed by atoms with Crippen LogP contribution in [0.4, 0.5) is 0 Å². The fourth-order valence-corrected chi connectivity index (χ4v) is 2.19. The van der Waals surface area contributed by atoms with Gasteiger partial charge in [0.25, 0.3) is 5.56 Å². The first-order valence-electron chi connectivity index (χ1n) is 5.12. The number of hydrogen-bond acceptors (Lipinski definition) is 4. The molecule has 0 saturated heterocycles. The van der Waals surface area contributed by atoms with Crippen LogP contribution in [0.3, 0.4) is 0 Å². The van der Waals surface area contributed by atoms with Crippen LogP contribution >= 0.6 is 11.9 Å². The Balaban J connectivity index is 2.34. The lowest BCUT2D eigenvalue weighted by Crippen LogP contribution is -2.34. The molecule has 1 aromatic heterocycles. The summed E-state index contributed by atoms with van der Waals surface area (Å²) >= 11 is 1.39. The van der Waals surface area contributed by atoms with Crippen molar-refractivity contribution in [3.63, 3.8) is 0 Å². The van der Waals surface area contributed by atoms with Crippen molar-refractivity contribution >= 4 is 28.8 Å². The molecule has 1 aromatic carbocycles. The van der Waals surface area contributed by atoms with Gasteiger partial charge in [0.05, 0.1) is 5.52 Å². The van der Waals surface area contributed by atoms with Gasteiger partial charge in [0, 0.05) is 17.7 Å². The Hall–Kier alpha value is -2.01. The molecule has 3 rings (SSSR count). The highest BCUT2D eigenvalue weighted by molar-refractivity contribution is 8.00. The van der Waals surface area contributed by atoms with E-state index in [-0.39, 0.29) is 5.56 Å². The van der Waals surface area contributed by atoms with Crippen molar-refractivity contribution in [3.05, 3.63) is 58.4 Å². The molecule has 0 spiro atoms. The third-order valence-electron chi connectivity index (χ3n) is 2.49. The van der Waals surface area contributed by atoms with Crippen molar-refractivity contribution in [3.8, 4) is 0 Å². The molecule has 17 heavy (non-hydrogen) atoms. The standard InChI is InChI=1S/C12H9N3OS/c16-11-6-5-9-3-1-2-4-10(9)15(11)12-13-7-8-17-14-12/h1-8H,(H,13,14). The van der Waals surface area contributed by atoms with E-state index in [0.29, 0.717) is 5.96 Å². The predicted octanol–water partition coefficient (Wildman–Crippen LogP) is 1.93. The zero-order valence-corrected chi connectivity index (χ0v) is 9.65. The van der Waals surface area contributed by atoms with Crippen molar-refractivity contribution in [2.75, 3.05) is 0 Å². The molecule has 0 bridgehead atoms. The van der Waals surface area contributed by atoms with E-state index in [2.05, 4.69) is 9.71 Å². The van der Waals surface area contributed by atoms with Crippen LogP contribution in [0.1, 0.15) is 0 Å². The predicted molar refractivity (Wildman–Crippen MR) is 70.9 cm³/mol. The molecular weight excluding hydrogens is 234 g/mol. The number of benzene rings is 1. The van der Waals surface area contributed by atoms with Gasteiger partial charge in [-0.1, -0.05) is 18.2 Å². The number of hydrogen-bond donors (Lipinski definition) is 1. The first kappa shape index (κ1) is 10.2. The minimum Gasteiger partial charge on any atom is -0.296 e. The van der Waals surface area contributed by atoms with Crippen molar-refractivity contribution in [2.45, 2.75) is 0 Å². The highest BCUT2D eigenvalue weighted by atomic mass is 32.2. The maximum Gasteiger partial charge on any atom is 0.257 e. The highest BCUT2D eigenvalue weighted by Crippen LogP contribution is 2.12. The van der Waals surface area contributed by atoms with Crippen molar-refractivity contribution in [1.82, 2.24) is 9.29 Å². The van der Waals surface area contributed by atoms with Gasteiger partial charge in [0.15, 0.2) is 0 Å². The van der Waals surface area contributed by atoms with Gasteiger partial charge in [-0.25, -0.2) is 9.56 Å². The van der Waals surface area contributed by atoms with Gasteiger partial charge in [-0.15, -0.1) is 0 Å². The zero-order valence-electron chi connectivity index (χ0n) is 8.83. The van der Waals surface area contributed by atoms with Gasteiger partial charge in [-0.3, -0.25) is 9.52 Å². The fraction of sp³-hybridized carbons (Fsp3) is 0. The Morgan fingerprint density at radius 1 is 1.18 bits per heavy atom. The summed E-state index contributed by atoms with van der Waals surface area (Å²) in [7, 11) is 0. The number of aromatic nitrogens is 1. The lowest BCUT2D eigenvalue weighted by molar-refractivity contribution is 1.06. The van der Waals surface area contributed by atoms with Crippen molar-refractivity contribution < 1.29 is 0 Å². The lowest BCUT2D eigenvalue weighted by atomic mass is 10.2. The molecule has 0 atom stereocenters. The first-order chi connectivity index (χ1) is 8.36. The molecule has 1 aliphatic rings. The number of nitrogens with zero attached hydrogens (tertiary/aromatic N) is 2. The number of nitrogens with one attached hydrogen (secondary N) is 1. The average molecular weight is 243 g/mol. The fourth-order valence-electron chi connectivity index (χ4n) is 1.75. The van der Waals surface area contributed by atoms with E-state index in [1.165, 1.54) is 11.9 Å². The maximum atomic E-state index is 11.9. The van der Waals surface area contributed by atoms with Crippen LogP contribution in [0, 0.1) is 0 Å². The van der Waals surface area contributed by atoms with E-state index in [1.807, 2.05) is 35.7 Å². The molecule has 4 nitrogen and oxygen atoms in total. The molecule has 0 amide bonds. The van der Waals surface area contributed by atoms with E-state index in [1.54, 1.807) is 16.8 Å². The topological polar surface area (TPSA) is 46.4 Å². The van der Waals surface area contributed by atoms with Crippen molar-refractivity contribution in [2.24, 2.45) is 4.99 Å². The van der Waals surface area contributed by atoms with Crippen LogP contribution in [0.2, 0.25) is 0 Å². The molecule has 0 saturated carbocycles. The second-order valence-corrected chi connectivity index (χ2v) is 4.24. The van der Waals surface area contributed by atoms with E-state index in [9.17, 15) is 4.79 Å². The molecule has 0 radical (unpaired) electrons. The van der Waals surface area contributed by atoms with E-state index >= 15 is 0 Å². The summed E-state index contributed by atoms with van der Waals surface area (Å²) in [5.74, 6) is 0.541. The van der Waals surface area contributed by atoms with Gasteiger partial charge in [0.2, 0.25) is 5.96 Å². The van der Waals surface area contributed by atoms with Crippen LogP contribution < -0.4 is 10.3 Å². The summed E-state index contributed by atoms with van der Waals surface area (Å²) in [6, 6.07) is 11.1. The molecule has 2 aromatic rings. The maximum absolute atomic E-state index is 11.9. The molecule has 1 N–H and O–H groups in total.